The second kappa shape index (κ2) is 6.56. The molecular formula is C10H15F5OS. The molecule has 0 aliphatic rings. The maximum absolute atomic E-state index is 13.1. The number of hydrogen-bond donors (Lipinski definition) is 0. The van der Waals surface area contributed by atoms with Crippen LogP contribution >= 0.6 is 11.8 Å². The van der Waals surface area contributed by atoms with Crippen LogP contribution in [0.1, 0.15) is 33.1 Å². The summed E-state index contributed by atoms with van der Waals surface area (Å²) in [6, 6.07) is 0. The summed E-state index contributed by atoms with van der Waals surface area (Å²) in [7, 11) is 0. The fourth-order valence-electron chi connectivity index (χ4n) is 0.990. The maximum Gasteiger partial charge on any atom is 0.284 e. The highest BCUT2D eigenvalue weighted by molar-refractivity contribution is 8.13. The summed E-state index contributed by atoms with van der Waals surface area (Å²) in [5.41, 5.74) is 0. The van der Waals surface area contributed by atoms with Crippen molar-refractivity contribution in [3.05, 3.63) is 0 Å². The van der Waals surface area contributed by atoms with Crippen LogP contribution < -0.4 is 0 Å². The average Bonchev–Trinajstić information content (AvgIpc) is 2.15. The van der Waals surface area contributed by atoms with E-state index in [4.69, 9.17) is 0 Å². The first-order valence-corrected chi connectivity index (χ1v) is 6.14. The molecule has 1 nitrogen and oxygen atoms in total. The predicted octanol–water partition coefficient (Wildman–Crippen LogP) is 4.07. The van der Waals surface area contributed by atoms with Crippen molar-refractivity contribution in [2.45, 2.75) is 51.1 Å². The van der Waals surface area contributed by atoms with Gasteiger partial charge in [0.25, 0.3) is 11.8 Å². The van der Waals surface area contributed by atoms with Crippen molar-refractivity contribution in [1.29, 1.82) is 0 Å². The van der Waals surface area contributed by atoms with Crippen LogP contribution in [0.25, 0.3) is 0 Å². The Kier molecular flexibility index (Phi) is 6.43. The minimum Gasteiger partial charge on any atom is -0.287 e. The van der Waals surface area contributed by atoms with Crippen molar-refractivity contribution < 1.29 is 26.7 Å². The third kappa shape index (κ3) is 6.85. The van der Waals surface area contributed by atoms with Crippen LogP contribution in [0, 0.1) is 0 Å². The summed E-state index contributed by atoms with van der Waals surface area (Å²) >= 11 is 0.680. The van der Waals surface area contributed by atoms with Crippen LogP contribution in [0.3, 0.4) is 0 Å². The standard InChI is InChI=1S/C10H15F5OS/c1-3-8(16)17-5-4-9(12,13)6-10(14,15)7(2)11/h7H,3-6H2,1-2H3. The molecule has 0 bridgehead atoms. The van der Waals surface area contributed by atoms with Crippen LogP contribution in [0.4, 0.5) is 22.0 Å². The summed E-state index contributed by atoms with van der Waals surface area (Å²) < 4.78 is 64.0. The normalized spacial score (nSPS) is 14.8. The van der Waals surface area contributed by atoms with Gasteiger partial charge in [-0.25, -0.2) is 22.0 Å². The Hall–Kier alpha value is -0.330. The van der Waals surface area contributed by atoms with E-state index < -0.39 is 30.9 Å². The largest absolute Gasteiger partial charge is 0.287 e. The minimum atomic E-state index is -4.04. The summed E-state index contributed by atoms with van der Waals surface area (Å²) in [6.45, 7) is 2.12. The number of thioether (sulfide) groups is 1. The molecule has 0 N–H and O–H groups in total. The molecule has 0 fully saturated rings. The monoisotopic (exact) mass is 278 g/mol. The van der Waals surface area contributed by atoms with E-state index >= 15 is 0 Å². The summed E-state index contributed by atoms with van der Waals surface area (Å²) in [6.07, 6.45) is -5.09. The fraction of sp³-hybridized carbons (Fsp3) is 0.900. The van der Waals surface area contributed by atoms with Gasteiger partial charge in [-0.2, -0.15) is 0 Å². The van der Waals surface area contributed by atoms with Gasteiger partial charge in [-0.15, -0.1) is 0 Å². The highest BCUT2D eigenvalue weighted by Crippen LogP contribution is 2.36. The molecule has 0 amide bonds. The first-order chi connectivity index (χ1) is 7.60. The van der Waals surface area contributed by atoms with Gasteiger partial charge in [0.05, 0.1) is 6.42 Å². The van der Waals surface area contributed by atoms with E-state index in [1.165, 1.54) is 0 Å². The smallest absolute Gasteiger partial charge is 0.284 e. The van der Waals surface area contributed by atoms with E-state index in [2.05, 4.69) is 0 Å². The lowest BCUT2D eigenvalue weighted by atomic mass is 10.0. The average molecular weight is 278 g/mol. The Morgan fingerprint density at radius 3 is 2.24 bits per heavy atom. The number of rotatable bonds is 7. The molecule has 0 aromatic heterocycles. The van der Waals surface area contributed by atoms with Gasteiger partial charge >= 0.3 is 0 Å². The van der Waals surface area contributed by atoms with Crippen LogP contribution in [-0.4, -0.2) is 28.9 Å². The Balaban J connectivity index is 4.16. The highest BCUT2D eigenvalue weighted by atomic mass is 32.2. The van der Waals surface area contributed by atoms with Gasteiger partial charge in [0.15, 0.2) is 11.3 Å². The van der Waals surface area contributed by atoms with E-state index in [1.807, 2.05) is 0 Å². The molecule has 1 unspecified atom stereocenters. The molecular weight excluding hydrogens is 263 g/mol. The predicted molar refractivity (Wildman–Crippen MR) is 57.5 cm³/mol. The van der Waals surface area contributed by atoms with Gasteiger partial charge < -0.3 is 0 Å². The molecule has 102 valence electrons. The van der Waals surface area contributed by atoms with Crippen molar-refractivity contribution in [3.63, 3.8) is 0 Å². The number of hydrogen-bond acceptors (Lipinski definition) is 2. The molecule has 0 saturated carbocycles. The summed E-state index contributed by atoms with van der Waals surface area (Å²) in [5.74, 6) is -7.94. The van der Waals surface area contributed by atoms with Crippen LogP contribution in [0.2, 0.25) is 0 Å². The lowest BCUT2D eigenvalue weighted by Gasteiger charge is -2.23. The first kappa shape index (κ1) is 16.7. The lowest BCUT2D eigenvalue weighted by Crippen LogP contribution is -2.36. The topological polar surface area (TPSA) is 17.1 Å². The molecule has 7 heteroatoms. The second-order valence-corrected chi connectivity index (χ2v) is 4.89. The van der Waals surface area contributed by atoms with E-state index in [0.29, 0.717) is 18.7 Å². The van der Waals surface area contributed by atoms with Crippen molar-refractivity contribution >= 4 is 16.9 Å². The van der Waals surface area contributed by atoms with Gasteiger partial charge in [0.1, 0.15) is 0 Å². The Morgan fingerprint density at radius 2 is 1.82 bits per heavy atom. The molecule has 0 heterocycles. The Morgan fingerprint density at radius 1 is 1.29 bits per heavy atom. The molecule has 0 radical (unpaired) electrons. The van der Waals surface area contributed by atoms with E-state index in [1.54, 1.807) is 6.92 Å². The summed E-state index contributed by atoms with van der Waals surface area (Å²) in [4.78, 5) is 10.8. The van der Waals surface area contributed by atoms with Crippen molar-refractivity contribution in [2.75, 3.05) is 5.75 Å². The molecule has 0 aromatic rings. The van der Waals surface area contributed by atoms with Crippen molar-refractivity contribution in [2.24, 2.45) is 0 Å². The maximum atomic E-state index is 13.1. The first-order valence-electron chi connectivity index (χ1n) is 5.16. The third-order valence-electron chi connectivity index (χ3n) is 2.10. The number of halogens is 5. The molecule has 0 spiro atoms. The quantitative estimate of drug-likeness (QED) is 0.653. The molecule has 0 aliphatic carbocycles. The van der Waals surface area contributed by atoms with Crippen LogP contribution in [0.5, 0.6) is 0 Å². The molecule has 0 aromatic carbocycles. The van der Waals surface area contributed by atoms with Gasteiger partial charge in [0, 0.05) is 18.6 Å². The number of carbonyl (C=O) groups is 1. The SMILES string of the molecule is CCC(=O)SCCC(F)(F)CC(F)(F)C(C)F. The zero-order valence-electron chi connectivity index (χ0n) is 9.61. The Bertz CT molecular complexity index is 255. The highest BCUT2D eigenvalue weighted by Gasteiger charge is 2.46. The summed E-state index contributed by atoms with van der Waals surface area (Å²) in [5, 5.41) is -0.272. The molecule has 17 heavy (non-hydrogen) atoms. The molecule has 0 saturated heterocycles. The molecule has 0 rings (SSSR count). The third-order valence-corrected chi connectivity index (χ3v) is 3.11. The zero-order chi connectivity index (χ0) is 13.7. The van der Waals surface area contributed by atoms with Crippen LogP contribution in [0.15, 0.2) is 0 Å². The lowest BCUT2D eigenvalue weighted by molar-refractivity contribution is -0.142. The van der Waals surface area contributed by atoms with Crippen LogP contribution in [-0.2, 0) is 4.79 Å². The zero-order valence-corrected chi connectivity index (χ0v) is 10.4. The van der Waals surface area contributed by atoms with E-state index in [9.17, 15) is 26.7 Å². The van der Waals surface area contributed by atoms with E-state index in [0.717, 1.165) is 0 Å². The number of alkyl halides is 5. The van der Waals surface area contributed by atoms with Crippen molar-refractivity contribution in [3.8, 4) is 0 Å². The van der Waals surface area contributed by atoms with Gasteiger partial charge in [-0.1, -0.05) is 18.7 Å². The Labute approximate surface area is 101 Å². The van der Waals surface area contributed by atoms with Gasteiger partial charge in [-0.05, 0) is 6.92 Å². The minimum absolute atomic E-state index is 0.202. The fourth-order valence-corrected chi connectivity index (χ4v) is 1.82. The second-order valence-electron chi connectivity index (χ2n) is 3.73. The van der Waals surface area contributed by atoms with Gasteiger partial charge in [0.2, 0.25) is 0 Å². The van der Waals surface area contributed by atoms with Crippen molar-refractivity contribution in [1.82, 2.24) is 0 Å². The number of carbonyl (C=O) groups excluding carboxylic acids is 1. The molecule has 1 atom stereocenters. The van der Waals surface area contributed by atoms with Gasteiger partial charge in [-0.3, -0.25) is 4.79 Å². The van der Waals surface area contributed by atoms with E-state index in [-0.39, 0.29) is 17.3 Å². The molecule has 0 aliphatic heterocycles.